The number of ether oxygens (including phenoxy) is 2. The minimum Gasteiger partial charge on any atom is -0.475 e. The zero-order valence-corrected chi connectivity index (χ0v) is 8.40. The number of carbonyl (C=O) groups is 1. The summed E-state index contributed by atoms with van der Waals surface area (Å²) in [6.45, 7) is 2.24. The van der Waals surface area contributed by atoms with Gasteiger partial charge in [0.2, 0.25) is 0 Å². The molecule has 0 aliphatic carbocycles. The molecular formula is C10H12N2O3. The largest absolute Gasteiger partial charge is 0.475 e. The summed E-state index contributed by atoms with van der Waals surface area (Å²) in [4.78, 5) is 15.2. The Morgan fingerprint density at radius 2 is 2.40 bits per heavy atom. The van der Waals surface area contributed by atoms with Crippen LogP contribution in [0, 0.1) is 6.92 Å². The first kappa shape index (κ1) is 9.76. The van der Waals surface area contributed by atoms with Crippen molar-refractivity contribution in [2.75, 3.05) is 12.3 Å². The first-order valence-electron chi connectivity index (χ1n) is 4.73. The van der Waals surface area contributed by atoms with Gasteiger partial charge in [0, 0.05) is 12.1 Å². The van der Waals surface area contributed by atoms with Gasteiger partial charge in [-0.3, -0.25) is 0 Å². The number of nitrogens with two attached hydrogens (primary N) is 1. The van der Waals surface area contributed by atoms with Crippen LogP contribution in [0.5, 0.6) is 5.75 Å². The van der Waals surface area contributed by atoms with Crippen LogP contribution in [0.3, 0.4) is 0 Å². The van der Waals surface area contributed by atoms with E-state index in [9.17, 15) is 4.79 Å². The van der Waals surface area contributed by atoms with Crippen molar-refractivity contribution in [2.24, 2.45) is 0 Å². The molecule has 0 saturated carbocycles. The summed E-state index contributed by atoms with van der Waals surface area (Å²) in [7, 11) is 0. The van der Waals surface area contributed by atoms with Crippen molar-refractivity contribution in [1.29, 1.82) is 0 Å². The highest BCUT2D eigenvalue weighted by molar-refractivity contribution is 5.77. The van der Waals surface area contributed by atoms with Gasteiger partial charge in [-0.1, -0.05) is 0 Å². The molecule has 1 unspecified atom stereocenters. The maximum atomic E-state index is 11.1. The van der Waals surface area contributed by atoms with E-state index in [1.165, 1.54) is 0 Å². The molecule has 2 N–H and O–H groups in total. The average molecular weight is 208 g/mol. The third kappa shape index (κ3) is 2.01. The molecule has 5 heteroatoms. The van der Waals surface area contributed by atoms with E-state index < -0.39 is 6.10 Å². The normalized spacial score (nSPS) is 20.1. The van der Waals surface area contributed by atoms with Gasteiger partial charge in [-0.15, -0.1) is 0 Å². The molecule has 2 rings (SSSR count). The van der Waals surface area contributed by atoms with E-state index >= 15 is 0 Å². The fourth-order valence-corrected chi connectivity index (χ4v) is 1.40. The third-order valence-corrected chi connectivity index (χ3v) is 2.18. The smallest absolute Gasteiger partial charge is 0.347 e. The van der Waals surface area contributed by atoms with Gasteiger partial charge in [-0.25, -0.2) is 9.78 Å². The molecule has 0 spiro atoms. The number of nitrogens with zero attached hydrogens (tertiary/aromatic N) is 1. The molecule has 1 atom stereocenters. The minimum atomic E-state index is -0.545. The standard InChI is InChI=1S/C10H12N2O3/c1-6-2-3-7(9(11)12-6)15-8-4-5-14-10(8)13/h2-3,8H,4-5H2,1H3,(H2,11,12). The molecule has 1 aromatic rings. The van der Waals surface area contributed by atoms with Gasteiger partial charge in [-0.2, -0.15) is 0 Å². The maximum absolute atomic E-state index is 11.1. The minimum absolute atomic E-state index is 0.301. The molecule has 1 saturated heterocycles. The Morgan fingerprint density at radius 3 is 3.00 bits per heavy atom. The molecule has 80 valence electrons. The zero-order chi connectivity index (χ0) is 10.8. The second-order valence-corrected chi connectivity index (χ2v) is 3.40. The van der Waals surface area contributed by atoms with Crippen molar-refractivity contribution in [3.05, 3.63) is 17.8 Å². The number of aryl methyl sites for hydroxylation is 1. The fourth-order valence-electron chi connectivity index (χ4n) is 1.40. The summed E-state index contributed by atoms with van der Waals surface area (Å²) >= 11 is 0. The number of rotatable bonds is 2. The van der Waals surface area contributed by atoms with Crippen molar-refractivity contribution in [3.63, 3.8) is 0 Å². The SMILES string of the molecule is Cc1ccc(OC2CCOC2=O)c(N)n1. The highest BCUT2D eigenvalue weighted by atomic mass is 16.6. The van der Waals surface area contributed by atoms with Crippen molar-refractivity contribution in [1.82, 2.24) is 4.98 Å². The van der Waals surface area contributed by atoms with Gasteiger partial charge < -0.3 is 15.2 Å². The summed E-state index contributed by atoms with van der Waals surface area (Å²) in [6.07, 6.45) is 0.0170. The highest BCUT2D eigenvalue weighted by Crippen LogP contribution is 2.22. The Bertz CT molecular complexity index is 392. The van der Waals surface area contributed by atoms with E-state index in [4.69, 9.17) is 15.2 Å². The van der Waals surface area contributed by atoms with Crippen LogP contribution in [0.25, 0.3) is 0 Å². The molecule has 1 fully saturated rings. The van der Waals surface area contributed by atoms with Crippen molar-refractivity contribution < 1.29 is 14.3 Å². The van der Waals surface area contributed by atoms with Crippen LogP contribution in [0.15, 0.2) is 12.1 Å². The molecule has 5 nitrogen and oxygen atoms in total. The summed E-state index contributed by atoms with van der Waals surface area (Å²) in [5.74, 6) is 0.397. The van der Waals surface area contributed by atoms with Crippen LogP contribution in [0.4, 0.5) is 5.82 Å². The van der Waals surface area contributed by atoms with E-state index in [0.29, 0.717) is 24.6 Å². The number of pyridine rings is 1. The van der Waals surface area contributed by atoms with Gasteiger partial charge in [0.15, 0.2) is 17.7 Å². The molecule has 1 aliphatic heterocycles. The molecule has 0 aromatic carbocycles. The van der Waals surface area contributed by atoms with Crippen molar-refractivity contribution in [3.8, 4) is 5.75 Å². The third-order valence-electron chi connectivity index (χ3n) is 2.18. The predicted octanol–water partition coefficient (Wildman–Crippen LogP) is 0.667. The first-order chi connectivity index (χ1) is 7.16. The van der Waals surface area contributed by atoms with E-state index in [0.717, 1.165) is 5.69 Å². The number of esters is 1. The van der Waals surface area contributed by atoms with Crippen LogP contribution >= 0.6 is 0 Å². The topological polar surface area (TPSA) is 74.4 Å². The first-order valence-corrected chi connectivity index (χ1v) is 4.73. The number of hydrogen-bond acceptors (Lipinski definition) is 5. The Labute approximate surface area is 87.2 Å². The second-order valence-electron chi connectivity index (χ2n) is 3.40. The van der Waals surface area contributed by atoms with Crippen LogP contribution in [0.1, 0.15) is 12.1 Å². The van der Waals surface area contributed by atoms with Crippen LogP contribution in [-0.4, -0.2) is 23.7 Å². The molecule has 15 heavy (non-hydrogen) atoms. The van der Waals surface area contributed by atoms with Crippen molar-refractivity contribution >= 4 is 11.8 Å². The lowest BCUT2D eigenvalue weighted by Crippen LogP contribution is -2.22. The monoisotopic (exact) mass is 208 g/mol. The van der Waals surface area contributed by atoms with Gasteiger partial charge in [0.1, 0.15) is 0 Å². The van der Waals surface area contributed by atoms with E-state index in [-0.39, 0.29) is 5.97 Å². The number of nitrogen functional groups attached to an aromatic ring is 1. The lowest BCUT2D eigenvalue weighted by atomic mass is 10.3. The number of carbonyl (C=O) groups excluding carboxylic acids is 1. The van der Waals surface area contributed by atoms with E-state index in [2.05, 4.69) is 4.98 Å². The summed E-state index contributed by atoms with van der Waals surface area (Å²) in [5.41, 5.74) is 6.47. The average Bonchev–Trinajstić information content (AvgIpc) is 2.57. The number of aromatic nitrogens is 1. The second kappa shape index (κ2) is 3.76. The van der Waals surface area contributed by atoms with Gasteiger partial charge in [0.25, 0.3) is 0 Å². The number of cyclic esters (lactones) is 1. The van der Waals surface area contributed by atoms with Gasteiger partial charge in [-0.05, 0) is 19.1 Å². The molecule has 2 heterocycles. The molecule has 0 amide bonds. The van der Waals surface area contributed by atoms with Gasteiger partial charge >= 0.3 is 5.97 Å². The van der Waals surface area contributed by atoms with Gasteiger partial charge in [0.05, 0.1) is 6.61 Å². The summed E-state index contributed by atoms with van der Waals surface area (Å²) < 4.78 is 10.2. The maximum Gasteiger partial charge on any atom is 0.347 e. The number of anilines is 1. The molecule has 1 aliphatic rings. The molecule has 0 radical (unpaired) electrons. The number of hydrogen-bond donors (Lipinski definition) is 1. The lowest BCUT2D eigenvalue weighted by Gasteiger charge is -2.11. The summed E-state index contributed by atoms with van der Waals surface area (Å²) in [6, 6.07) is 3.50. The molecule has 1 aromatic heterocycles. The van der Waals surface area contributed by atoms with E-state index in [1.807, 2.05) is 6.92 Å². The molecular weight excluding hydrogens is 196 g/mol. The van der Waals surface area contributed by atoms with Crippen LogP contribution in [-0.2, 0) is 9.53 Å². The quantitative estimate of drug-likeness (QED) is 0.723. The van der Waals surface area contributed by atoms with E-state index in [1.54, 1.807) is 12.1 Å². The fraction of sp³-hybridized carbons (Fsp3) is 0.400. The highest BCUT2D eigenvalue weighted by Gasteiger charge is 2.28. The Hall–Kier alpha value is -1.78. The Balaban J connectivity index is 2.13. The summed E-state index contributed by atoms with van der Waals surface area (Å²) in [5, 5.41) is 0. The Kier molecular flexibility index (Phi) is 2.45. The van der Waals surface area contributed by atoms with Crippen LogP contribution < -0.4 is 10.5 Å². The zero-order valence-electron chi connectivity index (χ0n) is 8.40. The predicted molar refractivity (Wildman–Crippen MR) is 53.4 cm³/mol. The Morgan fingerprint density at radius 1 is 1.60 bits per heavy atom. The van der Waals surface area contributed by atoms with Crippen molar-refractivity contribution in [2.45, 2.75) is 19.4 Å². The lowest BCUT2D eigenvalue weighted by molar-refractivity contribution is -0.143. The molecule has 0 bridgehead atoms. The van der Waals surface area contributed by atoms with Crippen LogP contribution in [0.2, 0.25) is 0 Å².